The number of hydrogen-bond acceptors (Lipinski definition) is 15. The normalized spacial score (nSPS) is 36.8. The molecule has 0 aromatic rings. The molecule has 0 aromatic heterocycles. The van der Waals surface area contributed by atoms with Gasteiger partial charge in [-0.1, -0.05) is 0 Å². The predicted octanol–water partition coefficient (Wildman–Crippen LogP) is -3.11. The lowest BCUT2D eigenvalue weighted by molar-refractivity contribution is -0.366. The van der Waals surface area contributed by atoms with Crippen LogP contribution in [0, 0.1) is 0 Å². The number of hydrogen-bond donors (Lipinski definition) is 4. The Morgan fingerprint density at radius 3 is 1.91 bits per heavy atom. The van der Waals surface area contributed by atoms with E-state index in [1.54, 1.807) is 0 Å². The Kier molecular flexibility index (Phi) is 9.91. The van der Waals surface area contributed by atoms with E-state index in [-0.39, 0.29) is 0 Å². The average molecular weight is 510 g/mol. The number of aliphatic hydroxyl groups is 4. The van der Waals surface area contributed by atoms with E-state index in [0.29, 0.717) is 0 Å². The van der Waals surface area contributed by atoms with Crippen molar-refractivity contribution in [3.63, 3.8) is 0 Å². The van der Waals surface area contributed by atoms with Crippen molar-refractivity contribution in [2.45, 2.75) is 82.5 Å². The molecule has 0 aromatic carbocycles. The molecule has 15 heteroatoms. The summed E-state index contributed by atoms with van der Waals surface area (Å²) in [7, 11) is 0. The Hall–Kier alpha value is -2.40. The highest BCUT2D eigenvalue weighted by molar-refractivity contribution is 5.68. The van der Waals surface area contributed by atoms with Gasteiger partial charge in [0.25, 0.3) is 0 Å². The van der Waals surface area contributed by atoms with E-state index >= 15 is 0 Å². The van der Waals surface area contributed by atoms with E-state index in [4.69, 9.17) is 33.2 Å². The second kappa shape index (κ2) is 12.0. The fourth-order valence-electron chi connectivity index (χ4n) is 3.71. The van der Waals surface area contributed by atoms with Crippen LogP contribution in [0.15, 0.2) is 0 Å². The van der Waals surface area contributed by atoms with Gasteiger partial charge in [-0.05, 0) is 0 Å². The van der Waals surface area contributed by atoms with Gasteiger partial charge in [-0.15, -0.1) is 0 Å². The molecule has 0 saturated carbocycles. The highest BCUT2D eigenvalue weighted by Gasteiger charge is 2.64. The molecule has 0 aliphatic carbocycles. The van der Waals surface area contributed by atoms with Crippen molar-refractivity contribution in [2.24, 2.45) is 0 Å². The van der Waals surface area contributed by atoms with Crippen LogP contribution in [0.4, 0.5) is 0 Å². The minimum atomic E-state index is -2.34. The summed E-state index contributed by atoms with van der Waals surface area (Å²) in [4.78, 5) is 46.7. The van der Waals surface area contributed by atoms with Gasteiger partial charge in [0.1, 0.15) is 43.7 Å². The lowest BCUT2D eigenvalue weighted by Gasteiger charge is -2.44. The number of carbonyl (C=O) groups excluding carboxylic acids is 4. The van der Waals surface area contributed by atoms with E-state index in [1.807, 2.05) is 0 Å². The third-order valence-corrected chi connectivity index (χ3v) is 5.15. The molecule has 0 bridgehead atoms. The molecular weight excluding hydrogens is 480 g/mol. The van der Waals surface area contributed by atoms with Crippen molar-refractivity contribution in [3.05, 3.63) is 0 Å². The van der Waals surface area contributed by atoms with Crippen LogP contribution in [0.5, 0.6) is 0 Å². The van der Waals surface area contributed by atoms with Crippen molar-refractivity contribution < 1.29 is 72.8 Å². The van der Waals surface area contributed by atoms with Gasteiger partial charge in [-0.2, -0.15) is 0 Å². The molecule has 2 fully saturated rings. The third-order valence-electron chi connectivity index (χ3n) is 5.15. The maximum atomic E-state index is 11.9. The number of esters is 4. The van der Waals surface area contributed by atoms with Gasteiger partial charge in [0, 0.05) is 27.7 Å². The van der Waals surface area contributed by atoms with Crippen LogP contribution in [-0.4, -0.2) is 119 Å². The molecule has 200 valence electrons. The first-order valence-corrected chi connectivity index (χ1v) is 10.6. The zero-order valence-corrected chi connectivity index (χ0v) is 19.5. The topological polar surface area (TPSA) is 214 Å². The van der Waals surface area contributed by atoms with Gasteiger partial charge in [0.05, 0.1) is 6.61 Å². The Bertz CT molecular complexity index is 786. The minimum Gasteiger partial charge on any atom is -0.463 e. The molecule has 2 rings (SSSR count). The largest absolute Gasteiger partial charge is 0.463 e. The molecule has 9 atom stereocenters. The van der Waals surface area contributed by atoms with Gasteiger partial charge in [0.2, 0.25) is 5.79 Å². The fraction of sp³-hybridized carbons (Fsp3) is 0.800. The smallest absolute Gasteiger partial charge is 0.303 e. The third kappa shape index (κ3) is 7.07. The van der Waals surface area contributed by atoms with E-state index in [0.717, 1.165) is 27.7 Å². The van der Waals surface area contributed by atoms with Crippen molar-refractivity contribution in [3.8, 4) is 0 Å². The number of carbonyl (C=O) groups is 4. The molecule has 4 N–H and O–H groups in total. The van der Waals surface area contributed by atoms with E-state index in [2.05, 4.69) is 0 Å². The maximum Gasteiger partial charge on any atom is 0.303 e. The monoisotopic (exact) mass is 510 g/mol. The first kappa shape index (κ1) is 28.8. The molecule has 2 aliphatic rings. The summed E-state index contributed by atoms with van der Waals surface area (Å²) in [5, 5.41) is 40.4. The van der Waals surface area contributed by atoms with Crippen LogP contribution in [0.3, 0.4) is 0 Å². The summed E-state index contributed by atoms with van der Waals surface area (Å²) in [6, 6.07) is 0. The Morgan fingerprint density at radius 1 is 0.800 bits per heavy atom. The molecule has 0 unspecified atom stereocenters. The van der Waals surface area contributed by atoms with Gasteiger partial charge in [-0.25, -0.2) is 0 Å². The zero-order chi connectivity index (χ0) is 26.5. The SMILES string of the molecule is CC(=O)OC[C@H]1O[C@@](COC(C)=O)(O[C@@H]2[C@@H](O)[C@H](O)[C@@H](CO)O[C@@H]2O)[C@@H](OC(C)=O)[C@@H]1OC(C)=O. The highest BCUT2D eigenvalue weighted by atomic mass is 16.8. The second-order valence-corrected chi connectivity index (χ2v) is 7.97. The summed E-state index contributed by atoms with van der Waals surface area (Å²) in [6.07, 6.45) is -13.1. The van der Waals surface area contributed by atoms with E-state index < -0.39 is 98.5 Å². The Morgan fingerprint density at radius 2 is 1.40 bits per heavy atom. The summed E-state index contributed by atoms with van der Waals surface area (Å²) in [5.74, 6) is -5.63. The fourth-order valence-corrected chi connectivity index (χ4v) is 3.71. The first-order valence-electron chi connectivity index (χ1n) is 10.6. The van der Waals surface area contributed by atoms with Gasteiger partial charge >= 0.3 is 23.9 Å². The minimum absolute atomic E-state index is 0.516. The highest BCUT2D eigenvalue weighted by Crippen LogP contribution is 2.40. The molecule has 15 nitrogen and oxygen atoms in total. The predicted molar refractivity (Wildman–Crippen MR) is 107 cm³/mol. The summed E-state index contributed by atoms with van der Waals surface area (Å²) >= 11 is 0. The van der Waals surface area contributed by atoms with E-state index in [9.17, 15) is 39.6 Å². The molecule has 0 amide bonds. The van der Waals surface area contributed by atoms with Crippen LogP contribution in [0.2, 0.25) is 0 Å². The number of rotatable bonds is 9. The molecule has 0 spiro atoms. The van der Waals surface area contributed by atoms with Crippen LogP contribution >= 0.6 is 0 Å². The van der Waals surface area contributed by atoms with Crippen molar-refractivity contribution in [2.75, 3.05) is 19.8 Å². The standard InChI is InChI=1S/C20H30O15/c1-8(22)29-6-13-16(31-10(3)24)18(32-11(4)25)20(34-13,7-30-9(2)23)35-17-15(27)14(26)12(5-21)33-19(17)28/h12-19,21,26-28H,5-7H2,1-4H3/t12-,13-,14-,15+,16-,17-,18+,19+,20+/m1/s1. The zero-order valence-electron chi connectivity index (χ0n) is 19.5. The van der Waals surface area contributed by atoms with E-state index in [1.165, 1.54) is 0 Å². The average Bonchev–Trinajstić information content (AvgIpc) is 3.02. The quantitative estimate of drug-likeness (QED) is 0.178. The molecule has 35 heavy (non-hydrogen) atoms. The number of ether oxygens (including phenoxy) is 7. The maximum absolute atomic E-state index is 11.9. The van der Waals surface area contributed by atoms with Crippen LogP contribution < -0.4 is 0 Å². The molecule has 2 saturated heterocycles. The van der Waals surface area contributed by atoms with Gasteiger partial charge in [-0.3, -0.25) is 19.2 Å². The van der Waals surface area contributed by atoms with Crippen molar-refractivity contribution >= 4 is 23.9 Å². The van der Waals surface area contributed by atoms with Crippen molar-refractivity contribution in [1.82, 2.24) is 0 Å². The first-order chi connectivity index (χ1) is 16.3. The van der Waals surface area contributed by atoms with Gasteiger partial charge < -0.3 is 53.6 Å². The van der Waals surface area contributed by atoms with Crippen LogP contribution in [-0.2, 0) is 52.3 Å². The lowest BCUT2D eigenvalue weighted by Crippen LogP contribution is -2.64. The van der Waals surface area contributed by atoms with Gasteiger partial charge in [0.15, 0.2) is 18.5 Å². The molecule has 0 radical (unpaired) electrons. The lowest BCUT2D eigenvalue weighted by atomic mass is 9.98. The van der Waals surface area contributed by atoms with Crippen LogP contribution in [0.25, 0.3) is 0 Å². The van der Waals surface area contributed by atoms with Crippen molar-refractivity contribution in [1.29, 1.82) is 0 Å². The summed E-state index contributed by atoms with van der Waals surface area (Å²) in [5.41, 5.74) is 0. The van der Waals surface area contributed by atoms with Crippen LogP contribution in [0.1, 0.15) is 27.7 Å². The molecule has 2 aliphatic heterocycles. The molecular formula is C20H30O15. The molecule has 2 heterocycles. The Labute approximate surface area is 199 Å². The summed E-state index contributed by atoms with van der Waals surface area (Å²) < 4.78 is 37.1. The Balaban J connectivity index is 2.52. The second-order valence-electron chi connectivity index (χ2n) is 7.97. The number of aliphatic hydroxyl groups excluding tert-OH is 4. The summed E-state index contributed by atoms with van der Waals surface area (Å²) in [6.45, 7) is 2.14.